The monoisotopic (exact) mass is 541 g/mol. The molecular formula is C25H36ClN3O6S. The van der Waals surface area contributed by atoms with Crippen molar-refractivity contribution in [3.8, 4) is 5.75 Å². The largest absolute Gasteiger partial charge is 0.497 e. The van der Waals surface area contributed by atoms with E-state index in [9.17, 15) is 18.4 Å². The predicted molar refractivity (Wildman–Crippen MR) is 137 cm³/mol. The number of nitrogens with zero attached hydrogens (tertiary/aromatic N) is 2. The van der Waals surface area contributed by atoms with Gasteiger partial charge in [0.15, 0.2) is 0 Å². The highest BCUT2D eigenvalue weighted by Gasteiger charge is 2.42. The molecule has 3 rings (SSSR count). The summed E-state index contributed by atoms with van der Waals surface area (Å²) in [4.78, 5) is 17.0. The van der Waals surface area contributed by atoms with Crippen molar-refractivity contribution >= 4 is 28.3 Å². The summed E-state index contributed by atoms with van der Waals surface area (Å²) in [6, 6.07) is 8.37. The average Bonchev–Trinajstić information content (AvgIpc) is 2.88. The molecule has 1 heterocycles. The van der Waals surface area contributed by atoms with Gasteiger partial charge in [0.05, 0.1) is 18.1 Å². The summed E-state index contributed by atoms with van der Waals surface area (Å²) in [6.45, 7) is 4.80. The van der Waals surface area contributed by atoms with Gasteiger partial charge in [0.25, 0.3) is 5.91 Å². The Morgan fingerprint density at radius 3 is 2.25 bits per heavy atom. The summed E-state index contributed by atoms with van der Waals surface area (Å²) in [5, 5.41) is 9.58. The standard InChI is InChI=1S/C25H35N3O6S.ClH/c1-18(2)17-34-22-6-4-20(5-7-22)24(25(29)27-30)28(16-19-12-14-26-15-13-19)35(31,32)23-10-8-21(33-3)9-11-23;/h8-15,18,20,22,24,30H,4-7,16-17H2,1-3H3,(H,27,29);1H. The molecule has 1 unspecified atom stereocenters. The van der Waals surface area contributed by atoms with Crippen molar-refractivity contribution in [2.75, 3.05) is 13.7 Å². The number of methoxy groups -OCH3 is 1. The second-order valence-corrected chi connectivity index (χ2v) is 11.2. The van der Waals surface area contributed by atoms with Crippen LogP contribution < -0.4 is 10.2 Å². The van der Waals surface area contributed by atoms with E-state index < -0.39 is 22.0 Å². The van der Waals surface area contributed by atoms with Gasteiger partial charge in [-0.1, -0.05) is 13.8 Å². The number of carbonyl (C=O) groups is 1. The van der Waals surface area contributed by atoms with E-state index in [1.54, 1.807) is 42.1 Å². The van der Waals surface area contributed by atoms with Crippen molar-refractivity contribution in [1.29, 1.82) is 0 Å². The van der Waals surface area contributed by atoms with E-state index in [1.807, 2.05) is 0 Å². The molecule has 0 radical (unpaired) electrons. The van der Waals surface area contributed by atoms with E-state index in [4.69, 9.17) is 9.47 Å². The number of pyridine rings is 1. The first-order valence-corrected chi connectivity index (χ1v) is 13.3. The number of rotatable bonds is 11. The van der Waals surface area contributed by atoms with Gasteiger partial charge in [0.1, 0.15) is 11.8 Å². The third-order valence-corrected chi connectivity index (χ3v) is 8.12. The molecule has 11 heteroatoms. The molecule has 0 bridgehead atoms. The number of halogens is 1. The first kappa shape index (κ1) is 30.0. The van der Waals surface area contributed by atoms with E-state index in [0.29, 0.717) is 36.7 Å². The Bertz CT molecular complexity index is 1050. The topological polar surface area (TPSA) is 118 Å². The van der Waals surface area contributed by atoms with E-state index in [2.05, 4.69) is 18.8 Å². The molecule has 1 aliphatic rings. The highest BCUT2D eigenvalue weighted by Crippen LogP contribution is 2.34. The number of hydrogen-bond acceptors (Lipinski definition) is 7. The minimum Gasteiger partial charge on any atom is -0.497 e. The molecule has 1 aromatic heterocycles. The molecule has 1 fully saturated rings. The van der Waals surface area contributed by atoms with Crippen molar-refractivity contribution in [1.82, 2.24) is 14.8 Å². The van der Waals surface area contributed by atoms with Crippen molar-refractivity contribution in [2.45, 2.75) is 63.1 Å². The van der Waals surface area contributed by atoms with Gasteiger partial charge in [-0.05, 0) is 79.5 Å². The maximum absolute atomic E-state index is 13.9. The number of nitrogens with one attached hydrogen (secondary N) is 1. The number of ether oxygens (including phenoxy) is 2. The second kappa shape index (κ2) is 13.9. The number of aromatic nitrogens is 1. The van der Waals surface area contributed by atoms with Crippen molar-refractivity contribution in [3.63, 3.8) is 0 Å². The van der Waals surface area contributed by atoms with Gasteiger partial charge in [-0.3, -0.25) is 15.0 Å². The van der Waals surface area contributed by atoms with Crippen LogP contribution in [0.2, 0.25) is 0 Å². The maximum atomic E-state index is 13.9. The fourth-order valence-electron chi connectivity index (χ4n) is 4.43. The van der Waals surface area contributed by atoms with Crippen LogP contribution >= 0.6 is 12.4 Å². The molecule has 1 atom stereocenters. The van der Waals surface area contributed by atoms with E-state index in [1.165, 1.54) is 23.5 Å². The zero-order valence-corrected chi connectivity index (χ0v) is 22.5. The SMILES string of the molecule is COc1ccc(S(=O)(=O)N(Cc2ccncc2)C(C(=O)NO)C2CCC(OCC(C)C)CC2)cc1.Cl. The molecule has 200 valence electrons. The van der Waals surface area contributed by atoms with Crippen LogP contribution in [0.4, 0.5) is 0 Å². The van der Waals surface area contributed by atoms with Gasteiger partial charge in [-0.2, -0.15) is 4.31 Å². The van der Waals surface area contributed by atoms with Crippen LogP contribution in [0.1, 0.15) is 45.1 Å². The van der Waals surface area contributed by atoms with Crippen LogP contribution in [0, 0.1) is 11.8 Å². The number of hydroxylamine groups is 1. The van der Waals surface area contributed by atoms with Gasteiger partial charge < -0.3 is 9.47 Å². The fraction of sp³-hybridized carbons (Fsp3) is 0.520. The van der Waals surface area contributed by atoms with Crippen LogP contribution in [-0.4, -0.2) is 54.7 Å². The van der Waals surface area contributed by atoms with Gasteiger partial charge in [0, 0.05) is 25.5 Å². The van der Waals surface area contributed by atoms with Gasteiger partial charge in [-0.25, -0.2) is 13.9 Å². The maximum Gasteiger partial charge on any atom is 0.262 e. The third kappa shape index (κ3) is 7.63. The van der Waals surface area contributed by atoms with Crippen LogP contribution in [0.5, 0.6) is 5.75 Å². The lowest BCUT2D eigenvalue weighted by molar-refractivity contribution is -0.136. The minimum atomic E-state index is -4.11. The summed E-state index contributed by atoms with van der Waals surface area (Å²) in [6.07, 6.45) is 5.88. The Balaban J connectivity index is 0.00000456. The van der Waals surface area contributed by atoms with Gasteiger partial charge >= 0.3 is 0 Å². The van der Waals surface area contributed by atoms with Crippen LogP contribution in [0.15, 0.2) is 53.7 Å². The Morgan fingerprint density at radius 1 is 1.11 bits per heavy atom. The Labute approximate surface area is 219 Å². The predicted octanol–water partition coefficient (Wildman–Crippen LogP) is 3.81. The minimum absolute atomic E-state index is 0. The van der Waals surface area contributed by atoms with Crippen molar-refractivity contribution in [2.24, 2.45) is 11.8 Å². The quantitative estimate of drug-likeness (QED) is 0.328. The number of hydrogen-bond donors (Lipinski definition) is 2. The number of carbonyl (C=O) groups excluding carboxylic acids is 1. The smallest absolute Gasteiger partial charge is 0.262 e. The summed E-state index contributed by atoms with van der Waals surface area (Å²) in [5.74, 6) is -0.0845. The van der Waals surface area contributed by atoms with E-state index >= 15 is 0 Å². The molecule has 1 aromatic carbocycles. The molecule has 1 amide bonds. The molecule has 0 saturated heterocycles. The summed E-state index contributed by atoms with van der Waals surface area (Å²) < 4.78 is 40.1. The highest BCUT2D eigenvalue weighted by atomic mass is 35.5. The Hall–Kier alpha value is -2.24. The Kier molecular flexibility index (Phi) is 11.6. The summed E-state index contributed by atoms with van der Waals surface area (Å²) >= 11 is 0. The number of benzene rings is 1. The molecule has 36 heavy (non-hydrogen) atoms. The Morgan fingerprint density at radius 2 is 1.72 bits per heavy atom. The normalized spacial score (nSPS) is 18.9. The number of amides is 1. The zero-order chi connectivity index (χ0) is 25.4. The average molecular weight is 542 g/mol. The van der Waals surface area contributed by atoms with Crippen molar-refractivity contribution in [3.05, 3.63) is 54.4 Å². The molecular weight excluding hydrogens is 506 g/mol. The molecule has 1 saturated carbocycles. The molecule has 0 spiro atoms. The number of sulfonamides is 1. The first-order valence-electron chi connectivity index (χ1n) is 11.9. The van der Waals surface area contributed by atoms with Crippen LogP contribution in [0.3, 0.4) is 0 Å². The third-order valence-electron chi connectivity index (χ3n) is 6.27. The highest BCUT2D eigenvalue weighted by molar-refractivity contribution is 7.89. The molecule has 1 aliphatic carbocycles. The van der Waals surface area contributed by atoms with E-state index in [0.717, 1.165) is 12.8 Å². The van der Waals surface area contributed by atoms with E-state index in [-0.39, 0.29) is 35.9 Å². The lowest BCUT2D eigenvalue weighted by Gasteiger charge is -2.38. The van der Waals surface area contributed by atoms with Crippen LogP contribution in [-0.2, 0) is 26.1 Å². The van der Waals surface area contributed by atoms with Gasteiger partial charge in [0.2, 0.25) is 10.0 Å². The van der Waals surface area contributed by atoms with Crippen molar-refractivity contribution < 1.29 is 27.9 Å². The molecule has 2 N–H and O–H groups in total. The second-order valence-electron chi connectivity index (χ2n) is 9.27. The lowest BCUT2D eigenvalue weighted by atomic mass is 9.82. The molecule has 2 aromatic rings. The van der Waals surface area contributed by atoms with Crippen LogP contribution in [0.25, 0.3) is 0 Å². The summed E-state index contributed by atoms with van der Waals surface area (Å²) in [7, 11) is -2.61. The molecule has 9 nitrogen and oxygen atoms in total. The zero-order valence-electron chi connectivity index (χ0n) is 20.9. The first-order chi connectivity index (χ1) is 16.8. The lowest BCUT2D eigenvalue weighted by Crippen LogP contribution is -2.53. The summed E-state index contributed by atoms with van der Waals surface area (Å²) in [5.41, 5.74) is 2.40. The van der Waals surface area contributed by atoms with Gasteiger partial charge in [-0.15, -0.1) is 12.4 Å². The molecule has 0 aliphatic heterocycles. The fourth-order valence-corrected chi connectivity index (χ4v) is 6.07.